The molecule has 0 saturated heterocycles. The average Bonchev–Trinajstić information content (AvgIpc) is 2.87. The Morgan fingerprint density at radius 3 is 2.53 bits per heavy atom. The van der Waals surface area contributed by atoms with E-state index in [1.807, 2.05) is 0 Å². The van der Waals surface area contributed by atoms with Gasteiger partial charge in [0.15, 0.2) is 5.01 Å². The zero-order chi connectivity index (χ0) is 14.2. The lowest BCUT2D eigenvalue weighted by Crippen LogP contribution is -2.11. The molecule has 0 amide bonds. The van der Waals surface area contributed by atoms with Crippen LogP contribution in [0.1, 0.15) is 17.0 Å². The minimum Gasteiger partial charge on any atom is -0.253 e. The lowest BCUT2D eigenvalue weighted by Gasteiger charge is -2.00. The quantitative estimate of drug-likeness (QED) is 0.922. The van der Waals surface area contributed by atoms with Gasteiger partial charge in [-0.2, -0.15) is 0 Å². The molecule has 0 radical (unpaired) electrons. The van der Waals surface area contributed by atoms with E-state index < -0.39 is 21.5 Å². The van der Waals surface area contributed by atoms with Crippen molar-refractivity contribution in [3.63, 3.8) is 0 Å². The highest BCUT2D eigenvalue weighted by Crippen LogP contribution is 2.32. The number of hydrogen-bond donors (Lipinski definition) is 1. The number of hydrogen-bond acceptors (Lipinski definition) is 6. The Balaban J connectivity index is 2.25. The van der Waals surface area contributed by atoms with Gasteiger partial charge in [-0.25, -0.2) is 17.2 Å². The van der Waals surface area contributed by atoms with Crippen LogP contribution in [-0.2, 0) is 10.0 Å². The summed E-state index contributed by atoms with van der Waals surface area (Å²) in [4.78, 5) is 0. The number of nitrogens with zero attached hydrogens (tertiary/aromatic N) is 2. The molecule has 0 spiro atoms. The lowest BCUT2D eigenvalue weighted by molar-refractivity contribution is 0.150. The molecule has 0 bridgehead atoms. The monoisotopic (exact) mass is 345 g/mol. The molecule has 19 heavy (non-hydrogen) atoms. The maximum Gasteiger partial charge on any atom is 0.291 e. The smallest absolute Gasteiger partial charge is 0.253 e. The van der Waals surface area contributed by atoms with E-state index in [0.717, 1.165) is 11.3 Å². The van der Waals surface area contributed by atoms with Gasteiger partial charge in [-0.3, -0.25) is 4.72 Å². The van der Waals surface area contributed by atoms with Crippen molar-refractivity contribution in [1.29, 1.82) is 0 Å². The molecule has 0 atom stereocenters. The molecule has 0 aliphatic heterocycles. The first-order valence-corrected chi connectivity index (χ1v) is 8.19. The highest BCUT2D eigenvalue weighted by atomic mass is 35.5. The summed E-state index contributed by atoms with van der Waals surface area (Å²) in [6.45, 7) is 1.66. The van der Waals surface area contributed by atoms with Gasteiger partial charge in [-0.1, -0.05) is 22.9 Å². The van der Waals surface area contributed by atoms with Gasteiger partial charge >= 0.3 is 0 Å². The molecule has 0 aliphatic carbocycles. The van der Waals surface area contributed by atoms with Gasteiger partial charge in [0.1, 0.15) is 4.21 Å². The number of thiophene rings is 1. The van der Waals surface area contributed by atoms with Gasteiger partial charge in [0.05, 0.1) is 4.34 Å². The van der Waals surface area contributed by atoms with E-state index in [2.05, 4.69) is 14.9 Å². The highest BCUT2D eigenvalue weighted by molar-refractivity contribution is 7.94. The molecule has 0 fully saturated rings. The number of alkyl halides is 2. The van der Waals surface area contributed by atoms with Crippen LogP contribution in [-0.4, -0.2) is 18.6 Å². The number of rotatable bonds is 4. The van der Waals surface area contributed by atoms with Crippen LogP contribution in [0.2, 0.25) is 4.34 Å². The second-order valence-corrected chi connectivity index (χ2v) is 7.95. The first kappa shape index (κ1) is 14.6. The fourth-order valence-electron chi connectivity index (χ4n) is 1.09. The fourth-order valence-corrected chi connectivity index (χ4v) is 4.63. The zero-order valence-electron chi connectivity index (χ0n) is 9.22. The standard InChI is InChI=1S/C8H6ClF2N3O2S3/c1-3-2-4(17-5(3)9)19(15,16)14-8-13-12-7(18-8)6(10)11/h2,6H,1H3,(H,13,14). The van der Waals surface area contributed by atoms with Crippen LogP contribution in [0.4, 0.5) is 13.9 Å². The molecule has 0 aromatic carbocycles. The SMILES string of the molecule is Cc1cc(S(=O)(=O)Nc2nnc(C(F)F)s2)sc1Cl. The number of halogens is 3. The number of aryl methyl sites for hydroxylation is 1. The minimum atomic E-state index is -3.88. The summed E-state index contributed by atoms with van der Waals surface area (Å²) < 4.78 is 50.9. The molecule has 11 heteroatoms. The number of aromatic nitrogens is 2. The molecule has 0 aliphatic rings. The summed E-state index contributed by atoms with van der Waals surface area (Å²) >= 11 is 7.15. The molecular weight excluding hydrogens is 340 g/mol. The van der Waals surface area contributed by atoms with Crippen LogP contribution in [0.3, 0.4) is 0 Å². The second kappa shape index (κ2) is 5.27. The van der Waals surface area contributed by atoms with E-state index in [-0.39, 0.29) is 9.34 Å². The molecule has 2 rings (SSSR count). The van der Waals surface area contributed by atoms with E-state index in [1.54, 1.807) is 6.92 Å². The van der Waals surface area contributed by atoms with E-state index in [9.17, 15) is 17.2 Å². The van der Waals surface area contributed by atoms with E-state index in [1.165, 1.54) is 6.07 Å². The van der Waals surface area contributed by atoms with Gasteiger partial charge in [0.2, 0.25) is 5.13 Å². The van der Waals surface area contributed by atoms with Crippen molar-refractivity contribution in [2.75, 3.05) is 4.72 Å². The van der Waals surface area contributed by atoms with Crippen LogP contribution in [0, 0.1) is 6.92 Å². The summed E-state index contributed by atoms with van der Waals surface area (Å²) in [5.74, 6) is 0. The first-order chi connectivity index (χ1) is 8.79. The summed E-state index contributed by atoms with van der Waals surface area (Å²) in [5.41, 5.74) is 0.623. The van der Waals surface area contributed by atoms with Crippen LogP contribution in [0.5, 0.6) is 0 Å². The predicted octanol–water partition coefficient (Wildman–Crippen LogP) is 3.30. The Hall–Kier alpha value is -0.840. The number of anilines is 1. The molecule has 0 unspecified atom stereocenters. The number of nitrogens with one attached hydrogen (secondary N) is 1. The summed E-state index contributed by atoms with van der Waals surface area (Å²) in [7, 11) is -3.88. The zero-order valence-corrected chi connectivity index (χ0v) is 12.4. The molecule has 104 valence electrons. The van der Waals surface area contributed by atoms with Crippen LogP contribution >= 0.6 is 34.3 Å². The third-order valence-corrected chi connectivity index (χ3v) is 6.29. The molecule has 2 aromatic heterocycles. The van der Waals surface area contributed by atoms with Crippen molar-refractivity contribution in [3.8, 4) is 0 Å². The Labute approximate surface area is 120 Å². The van der Waals surface area contributed by atoms with Crippen molar-refractivity contribution in [2.24, 2.45) is 0 Å². The van der Waals surface area contributed by atoms with Crippen LogP contribution < -0.4 is 4.72 Å². The topological polar surface area (TPSA) is 72.0 Å². The van der Waals surface area contributed by atoms with Crippen molar-refractivity contribution >= 4 is 49.4 Å². The van der Waals surface area contributed by atoms with E-state index in [0.29, 0.717) is 21.2 Å². The summed E-state index contributed by atoms with van der Waals surface area (Å²) in [6.07, 6.45) is -2.78. The van der Waals surface area contributed by atoms with Gasteiger partial charge in [0.25, 0.3) is 16.4 Å². The number of sulfonamides is 1. The largest absolute Gasteiger partial charge is 0.291 e. The van der Waals surface area contributed by atoms with E-state index >= 15 is 0 Å². The molecule has 1 N–H and O–H groups in total. The lowest BCUT2D eigenvalue weighted by atomic mass is 10.4. The molecule has 5 nitrogen and oxygen atoms in total. The normalized spacial score (nSPS) is 12.1. The van der Waals surface area contributed by atoms with Gasteiger partial charge in [-0.05, 0) is 18.6 Å². The molecule has 0 saturated carbocycles. The summed E-state index contributed by atoms with van der Waals surface area (Å²) in [6, 6.07) is 1.39. The van der Waals surface area contributed by atoms with Crippen LogP contribution in [0.15, 0.2) is 10.3 Å². The second-order valence-electron chi connectivity index (χ2n) is 3.37. The minimum absolute atomic E-state index is 0.0104. The predicted molar refractivity (Wildman–Crippen MR) is 69.7 cm³/mol. The van der Waals surface area contributed by atoms with Crippen molar-refractivity contribution in [3.05, 3.63) is 21.0 Å². The Morgan fingerprint density at radius 2 is 2.05 bits per heavy atom. The summed E-state index contributed by atoms with van der Waals surface area (Å²) in [5, 5.41) is 5.78. The average molecular weight is 346 g/mol. The van der Waals surface area contributed by atoms with Crippen molar-refractivity contribution < 1.29 is 17.2 Å². The highest BCUT2D eigenvalue weighted by Gasteiger charge is 2.22. The van der Waals surface area contributed by atoms with E-state index in [4.69, 9.17) is 11.6 Å². The molecule has 2 aromatic rings. The van der Waals surface area contributed by atoms with Crippen molar-refractivity contribution in [1.82, 2.24) is 10.2 Å². The third kappa shape index (κ3) is 3.19. The maximum atomic E-state index is 12.3. The Morgan fingerprint density at radius 1 is 1.37 bits per heavy atom. The first-order valence-electron chi connectivity index (χ1n) is 4.70. The maximum absolute atomic E-state index is 12.3. The van der Waals surface area contributed by atoms with Gasteiger partial charge in [0, 0.05) is 0 Å². The van der Waals surface area contributed by atoms with Crippen LogP contribution in [0.25, 0.3) is 0 Å². The van der Waals surface area contributed by atoms with Gasteiger partial charge < -0.3 is 0 Å². The fraction of sp³-hybridized carbons (Fsp3) is 0.250. The van der Waals surface area contributed by atoms with Crippen molar-refractivity contribution in [2.45, 2.75) is 17.6 Å². The third-order valence-electron chi connectivity index (χ3n) is 1.95. The Bertz CT molecular complexity index is 678. The Kier molecular flexibility index (Phi) is 4.04. The van der Waals surface area contributed by atoms with Gasteiger partial charge in [-0.15, -0.1) is 21.5 Å². The molecule has 2 heterocycles. The molecular formula is C8H6ClF2N3O2S3.